The minimum Gasteiger partial charge on any atom is -0.360 e. The Balaban J connectivity index is 1.66. The van der Waals surface area contributed by atoms with E-state index in [1.54, 1.807) is 11.3 Å². The number of fused-ring (bicyclic) bond motifs is 1. The fourth-order valence-electron chi connectivity index (χ4n) is 2.67. The molecular formula is C14H18N4O3S2. The van der Waals surface area contributed by atoms with E-state index in [1.807, 2.05) is 13.8 Å². The summed E-state index contributed by atoms with van der Waals surface area (Å²) < 4.78 is 22.8. The molecule has 1 aliphatic rings. The number of nitrogens with zero attached hydrogens (tertiary/aromatic N) is 2. The van der Waals surface area contributed by atoms with Crippen molar-refractivity contribution in [3.8, 4) is 0 Å². The number of sulfone groups is 1. The Morgan fingerprint density at radius 2 is 2.17 bits per heavy atom. The first-order valence-electron chi connectivity index (χ1n) is 7.30. The van der Waals surface area contributed by atoms with Gasteiger partial charge in [-0.2, -0.15) is 0 Å². The third-order valence-corrected chi connectivity index (χ3v) is 6.86. The number of anilines is 1. The van der Waals surface area contributed by atoms with E-state index < -0.39 is 9.84 Å². The summed E-state index contributed by atoms with van der Waals surface area (Å²) in [4.78, 5) is 22.5. The number of nitrogens with one attached hydrogen (secondary N) is 2. The Bertz CT molecular complexity index is 860. The summed E-state index contributed by atoms with van der Waals surface area (Å²) in [6.07, 6.45) is 1.95. The number of rotatable bonds is 4. The molecule has 2 aromatic heterocycles. The molecule has 9 heteroatoms. The Morgan fingerprint density at radius 1 is 1.39 bits per heavy atom. The summed E-state index contributed by atoms with van der Waals surface area (Å²) in [5.41, 5.74) is 1.11. The highest BCUT2D eigenvalue weighted by Crippen LogP contribution is 2.32. The second-order valence-electron chi connectivity index (χ2n) is 5.71. The maximum atomic E-state index is 12.0. The minimum atomic E-state index is -2.99. The van der Waals surface area contributed by atoms with Crippen LogP contribution in [0.1, 0.15) is 16.9 Å². The van der Waals surface area contributed by atoms with Gasteiger partial charge in [0.25, 0.3) is 0 Å². The standard InChI is InChI=1S/C14H18N4O3S2/c1-8-9(2)22-14-12(8)13(16-7-17-14)15-5-11(19)18-10-3-4-23(20,21)6-10/h7,10H,3-6H2,1-2H3,(H,18,19)(H,15,16,17). The van der Waals surface area contributed by atoms with Crippen LogP contribution in [-0.2, 0) is 14.6 Å². The molecule has 1 atom stereocenters. The van der Waals surface area contributed by atoms with Gasteiger partial charge >= 0.3 is 0 Å². The zero-order valence-electron chi connectivity index (χ0n) is 12.9. The largest absolute Gasteiger partial charge is 0.360 e. The quantitative estimate of drug-likeness (QED) is 0.850. The van der Waals surface area contributed by atoms with Gasteiger partial charge in [0.05, 0.1) is 23.4 Å². The molecule has 0 radical (unpaired) electrons. The predicted molar refractivity (Wildman–Crippen MR) is 90.6 cm³/mol. The summed E-state index contributed by atoms with van der Waals surface area (Å²) >= 11 is 1.59. The molecule has 0 aromatic carbocycles. The molecule has 0 spiro atoms. The van der Waals surface area contributed by atoms with Gasteiger partial charge < -0.3 is 10.6 Å². The maximum Gasteiger partial charge on any atom is 0.239 e. The lowest BCUT2D eigenvalue weighted by molar-refractivity contribution is -0.119. The number of carbonyl (C=O) groups excluding carboxylic acids is 1. The molecule has 7 nitrogen and oxygen atoms in total. The van der Waals surface area contributed by atoms with Crippen molar-refractivity contribution in [2.45, 2.75) is 26.3 Å². The lowest BCUT2D eigenvalue weighted by Crippen LogP contribution is -2.39. The number of aryl methyl sites for hydroxylation is 2. The van der Waals surface area contributed by atoms with E-state index in [-0.39, 0.29) is 30.0 Å². The van der Waals surface area contributed by atoms with E-state index in [9.17, 15) is 13.2 Å². The normalized spacial score (nSPS) is 19.8. The zero-order chi connectivity index (χ0) is 16.6. The molecule has 3 rings (SSSR count). The molecule has 1 amide bonds. The number of aromatic nitrogens is 2. The van der Waals surface area contributed by atoms with Crippen molar-refractivity contribution in [1.82, 2.24) is 15.3 Å². The smallest absolute Gasteiger partial charge is 0.239 e. The molecule has 0 bridgehead atoms. The molecule has 23 heavy (non-hydrogen) atoms. The molecule has 124 valence electrons. The Kier molecular flexibility index (Phi) is 4.24. The molecule has 2 N–H and O–H groups in total. The van der Waals surface area contributed by atoms with Crippen LogP contribution in [0.3, 0.4) is 0 Å². The fraction of sp³-hybridized carbons (Fsp3) is 0.500. The van der Waals surface area contributed by atoms with Crippen LogP contribution in [-0.4, -0.2) is 48.4 Å². The van der Waals surface area contributed by atoms with E-state index >= 15 is 0 Å². The van der Waals surface area contributed by atoms with Crippen LogP contribution in [0, 0.1) is 13.8 Å². The zero-order valence-corrected chi connectivity index (χ0v) is 14.6. The summed E-state index contributed by atoms with van der Waals surface area (Å²) in [6, 6.07) is -0.287. The van der Waals surface area contributed by atoms with Gasteiger partial charge in [0.2, 0.25) is 5.91 Å². The molecule has 2 aromatic rings. The monoisotopic (exact) mass is 354 g/mol. The summed E-state index contributed by atoms with van der Waals surface area (Å²) in [5.74, 6) is 0.569. The first-order valence-corrected chi connectivity index (χ1v) is 9.94. The van der Waals surface area contributed by atoms with Gasteiger partial charge in [-0.15, -0.1) is 11.3 Å². The van der Waals surface area contributed by atoms with Crippen LogP contribution in [0.25, 0.3) is 10.2 Å². The third-order valence-electron chi connectivity index (χ3n) is 3.98. The van der Waals surface area contributed by atoms with E-state index in [0.717, 1.165) is 15.8 Å². The molecule has 1 saturated heterocycles. The summed E-state index contributed by atoms with van der Waals surface area (Å²) in [5, 5.41) is 6.72. The molecule has 1 unspecified atom stereocenters. The molecule has 0 saturated carbocycles. The number of hydrogen-bond donors (Lipinski definition) is 2. The molecule has 1 aliphatic heterocycles. The lowest BCUT2D eigenvalue weighted by Gasteiger charge is -2.12. The van der Waals surface area contributed by atoms with Crippen molar-refractivity contribution in [3.05, 3.63) is 16.8 Å². The van der Waals surface area contributed by atoms with Gasteiger partial charge in [-0.3, -0.25) is 4.79 Å². The van der Waals surface area contributed by atoms with Crippen LogP contribution < -0.4 is 10.6 Å². The van der Waals surface area contributed by atoms with Gasteiger partial charge in [0.15, 0.2) is 9.84 Å². The molecule has 0 aliphatic carbocycles. The highest BCUT2D eigenvalue weighted by Gasteiger charge is 2.28. The lowest BCUT2D eigenvalue weighted by atomic mass is 10.2. The second-order valence-corrected chi connectivity index (χ2v) is 9.14. The predicted octanol–water partition coefficient (Wildman–Crippen LogP) is 1.02. The second kappa shape index (κ2) is 6.04. The number of amides is 1. The molecular weight excluding hydrogens is 336 g/mol. The van der Waals surface area contributed by atoms with Gasteiger partial charge in [-0.05, 0) is 25.8 Å². The van der Waals surface area contributed by atoms with Gasteiger partial charge in [0, 0.05) is 10.9 Å². The minimum absolute atomic E-state index is 0.0271. The van der Waals surface area contributed by atoms with E-state index in [1.165, 1.54) is 11.2 Å². The average Bonchev–Trinajstić information content (AvgIpc) is 2.97. The van der Waals surface area contributed by atoms with E-state index in [4.69, 9.17) is 0 Å². The number of thiophene rings is 1. The van der Waals surface area contributed by atoms with Crippen molar-refractivity contribution in [2.24, 2.45) is 0 Å². The maximum absolute atomic E-state index is 12.0. The summed E-state index contributed by atoms with van der Waals surface area (Å²) in [6.45, 7) is 4.09. The summed E-state index contributed by atoms with van der Waals surface area (Å²) in [7, 11) is -2.99. The van der Waals surface area contributed by atoms with Crippen molar-refractivity contribution in [3.63, 3.8) is 0 Å². The Hall–Kier alpha value is -1.74. The Morgan fingerprint density at radius 3 is 2.87 bits per heavy atom. The van der Waals surface area contributed by atoms with Crippen LogP contribution in [0.15, 0.2) is 6.33 Å². The number of hydrogen-bond acceptors (Lipinski definition) is 7. The van der Waals surface area contributed by atoms with Crippen LogP contribution >= 0.6 is 11.3 Å². The highest BCUT2D eigenvalue weighted by atomic mass is 32.2. The number of carbonyl (C=O) groups is 1. The van der Waals surface area contributed by atoms with Crippen LogP contribution in [0.5, 0.6) is 0 Å². The first-order chi connectivity index (χ1) is 10.9. The Labute approximate surface area is 138 Å². The van der Waals surface area contributed by atoms with Crippen LogP contribution in [0.2, 0.25) is 0 Å². The fourth-order valence-corrected chi connectivity index (χ4v) is 5.34. The van der Waals surface area contributed by atoms with Gasteiger partial charge in [-0.1, -0.05) is 0 Å². The first kappa shape index (κ1) is 16.1. The van der Waals surface area contributed by atoms with Gasteiger partial charge in [0.1, 0.15) is 17.0 Å². The topological polar surface area (TPSA) is 101 Å². The van der Waals surface area contributed by atoms with Crippen molar-refractivity contribution in [1.29, 1.82) is 0 Å². The molecule has 3 heterocycles. The SMILES string of the molecule is Cc1sc2ncnc(NCC(=O)NC3CCS(=O)(=O)C3)c2c1C. The highest BCUT2D eigenvalue weighted by molar-refractivity contribution is 7.91. The van der Waals surface area contributed by atoms with E-state index in [0.29, 0.717) is 12.2 Å². The van der Waals surface area contributed by atoms with Crippen LogP contribution in [0.4, 0.5) is 5.82 Å². The molecule has 1 fully saturated rings. The van der Waals surface area contributed by atoms with E-state index in [2.05, 4.69) is 20.6 Å². The van der Waals surface area contributed by atoms with Gasteiger partial charge in [-0.25, -0.2) is 18.4 Å². The third kappa shape index (κ3) is 3.45. The van der Waals surface area contributed by atoms with Crippen molar-refractivity contribution < 1.29 is 13.2 Å². The van der Waals surface area contributed by atoms with Crippen molar-refractivity contribution in [2.75, 3.05) is 23.4 Å². The van der Waals surface area contributed by atoms with Crippen molar-refractivity contribution >= 4 is 43.1 Å². The average molecular weight is 354 g/mol.